The van der Waals surface area contributed by atoms with Gasteiger partial charge in [-0.15, -0.1) is 6.42 Å². The topological polar surface area (TPSA) is 17.1 Å². The van der Waals surface area contributed by atoms with E-state index in [9.17, 15) is 4.79 Å². The minimum Gasteiger partial charge on any atom is -0.289 e. The lowest BCUT2D eigenvalue weighted by Gasteiger charge is -2.08. The fourth-order valence-corrected chi connectivity index (χ4v) is 0.204. The SMILES string of the molecule is C#CC(C)([C]=O)CC. The Kier molecular flexibility index (Phi) is 2.27. The molecule has 0 rings (SSSR count). The van der Waals surface area contributed by atoms with Crippen LogP contribution in [0.25, 0.3) is 0 Å². The summed E-state index contributed by atoms with van der Waals surface area (Å²) in [6.45, 7) is 3.56. The third-order valence-corrected chi connectivity index (χ3v) is 1.25. The predicted octanol–water partition coefficient (Wildman–Crippen LogP) is 1.15. The van der Waals surface area contributed by atoms with Crippen LogP contribution in [0.1, 0.15) is 20.3 Å². The highest BCUT2D eigenvalue weighted by molar-refractivity contribution is 5.64. The predicted molar refractivity (Wildman–Crippen MR) is 32.9 cm³/mol. The van der Waals surface area contributed by atoms with E-state index in [1.165, 1.54) is 0 Å². The average Bonchev–Trinajstić information content (AvgIpc) is 1.87. The van der Waals surface area contributed by atoms with E-state index in [1.54, 1.807) is 13.2 Å². The van der Waals surface area contributed by atoms with Crippen LogP contribution >= 0.6 is 0 Å². The van der Waals surface area contributed by atoms with Crippen molar-refractivity contribution in [1.29, 1.82) is 0 Å². The first-order chi connectivity index (χ1) is 3.68. The molecule has 43 valence electrons. The van der Waals surface area contributed by atoms with Crippen molar-refractivity contribution in [2.24, 2.45) is 5.41 Å². The van der Waals surface area contributed by atoms with Gasteiger partial charge in [-0.3, -0.25) is 4.79 Å². The molecule has 0 N–H and O–H groups in total. The summed E-state index contributed by atoms with van der Waals surface area (Å²) in [5, 5.41) is 0. The van der Waals surface area contributed by atoms with Gasteiger partial charge in [-0.2, -0.15) is 0 Å². The standard InChI is InChI=1S/C7H9O/c1-4-7(3,5-2)6-8/h1H,5H2,2-3H3. The minimum atomic E-state index is -0.653. The van der Waals surface area contributed by atoms with Gasteiger partial charge in [0.25, 0.3) is 0 Å². The van der Waals surface area contributed by atoms with E-state index in [2.05, 4.69) is 5.92 Å². The van der Waals surface area contributed by atoms with Crippen LogP contribution in [0.3, 0.4) is 0 Å². The van der Waals surface area contributed by atoms with E-state index in [0.29, 0.717) is 6.42 Å². The van der Waals surface area contributed by atoms with Crippen LogP contribution in [0.4, 0.5) is 0 Å². The normalized spacial score (nSPS) is 16.1. The lowest BCUT2D eigenvalue weighted by atomic mass is 9.91. The quantitative estimate of drug-likeness (QED) is 0.486. The van der Waals surface area contributed by atoms with Crippen LogP contribution in [0.15, 0.2) is 0 Å². The zero-order chi connectivity index (χ0) is 6.62. The second kappa shape index (κ2) is 2.52. The van der Waals surface area contributed by atoms with Crippen LogP contribution < -0.4 is 0 Å². The maximum absolute atomic E-state index is 10.0. The molecule has 0 aromatic carbocycles. The smallest absolute Gasteiger partial charge is 0.217 e. The summed E-state index contributed by atoms with van der Waals surface area (Å²) in [5.74, 6) is 2.35. The summed E-state index contributed by atoms with van der Waals surface area (Å²) in [7, 11) is 0. The Morgan fingerprint density at radius 1 is 1.75 bits per heavy atom. The molecule has 0 saturated heterocycles. The monoisotopic (exact) mass is 109 g/mol. The summed E-state index contributed by atoms with van der Waals surface area (Å²) in [6, 6.07) is 0. The maximum Gasteiger partial charge on any atom is 0.217 e. The molecule has 0 bridgehead atoms. The second-order valence-electron chi connectivity index (χ2n) is 1.93. The van der Waals surface area contributed by atoms with Gasteiger partial charge in [-0.1, -0.05) is 12.8 Å². The lowest BCUT2D eigenvalue weighted by Crippen LogP contribution is -2.12. The molecule has 0 fully saturated rings. The molecule has 1 atom stereocenters. The molecule has 1 radical (unpaired) electrons. The van der Waals surface area contributed by atoms with Gasteiger partial charge in [0.15, 0.2) is 0 Å². The molecule has 0 aliphatic rings. The first-order valence-electron chi connectivity index (χ1n) is 2.55. The van der Waals surface area contributed by atoms with Crippen molar-refractivity contribution in [2.75, 3.05) is 0 Å². The Balaban J connectivity index is 4.03. The molecule has 0 aliphatic carbocycles. The fourth-order valence-electron chi connectivity index (χ4n) is 0.204. The number of hydrogen-bond acceptors (Lipinski definition) is 1. The fraction of sp³-hybridized carbons (Fsp3) is 0.571. The van der Waals surface area contributed by atoms with E-state index in [1.807, 2.05) is 6.92 Å². The second-order valence-corrected chi connectivity index (χ2v) is 1.93. The number of carbonyl (C=O) groups excluding carboxylic acids is 1. The van der Waals surface area contributed by atoms with E-state index in [4.69, 9.17) is 6.42 Å². The van der Waals surface area contributed by atoms with E-state index in [-0.39, 0.29) is 0 Å². The summed E-state index contributed by atoms with van der Waals surface area (Å²) in [4.78, 5) is 10.0. The highest BCUT2D eigenvalue weighted by Crippen LogP contribution is 2.14. The van der Waals surface area contributed by atoms with Crippen LogP contribution in [-0.4, -0.2) is 6.29 Å². The molecule has 1 nitrogen and oxygen atoms in total. The van der Waals surface area contributed by atoms with E-state index < -0.39 is 5.41 Å². The molecule has 0 aromatic heterocycles. The molecule has 8 heavy (non-hydrogen) atoms. The van der Waals surface area contributed by atoms with E-state index >= 15 is 0 Å². The first kappa shape index (κ1) is 7.23. The Morgan fingerprint density at radius 3 is 2.25 bits per heavy atom. The van der Waals surface area contributed by atoms with Crippen molar-refractivity contribution in [3.05, 3.63) is 0 Å². The van der Waals surface area contributed by atoms with Crippen LogP contribution in [0, 0.1) is 17.8 Å². The third kappa shape index (κ3) is 1.38. The molecule has 0 heterocycles. The molecule has 1 unspecified atom stereocenters. The van der Waals surface area contributed by atoms with Crippen LogP contribution in [0.2, 0.25) is 0 Å². The summed E-state index contributed by atoms with van der Waals surface area (Å²) < 4.78 is 0. The minimum absolute atomic E-state index is 0.653. The van der Waals surface area contributed by atoms with Gasteiger partial charge < -0.3 is 0 Å². The number of rotatable bonds is 2. The van der Waals surface area contributed by atoms with Crippen molar-refractivity contribution < 1.29 is 4.79 Å². The first-order valence-corrected chi connectivity index (χ1v) is 2.55. The zero-order valence-electron chi connectivity index (χ0n) is 5.19. The number of hydrogen-bond donors (Lipinski definition) is 0. The van der Waals surface area contributed by atoms with Crippen molar-refractivity contribution >= 4 is 6.29 Å². The van der Waals surface area contributed by atoms with Crippen molar-refractivity contribution in [2.45, 2.75) is 20.3 Å². The number of terminal acetylenes is 1. The van der Waals surface area contributed by atoms with Gasteiger partial charge in [0.05, 0.1) is 5.41 Å². The van der Waals surface area contributed by atoms with Gasteiger partial charge in [0, 0.05) is 0 Å². The van der Waals surface area contributed by atoms with Crippen molar-refractivity contribution in [1.82, 2.24) is 0 Å². The van der Waals surface area contributed by atoms with Gasteiger partial charge in [-0.25, -0.2) is 0 Å². The highest BCUT2D eigenvalue weighted by atomic mass is 16.1. The molecule has 0 saturated carbocycles. The Hall–Kier alpha value is -0.770. The van der Waals surface area contributed by atoms with Crippen molar-refractivity contribution in [3.63, 3.8) is 0 Å². The lowest BCUT2D eigenvalue weighted by molar-refractivity contribution is 0.486. The Labute approximate surface area is 50.1 Å². The zero-order valence-corrected chi connectivity index (χ0v) is 5.19. The Morgan fingerprint density at radius 2 is 2.25 bits per heavy atom. The maximum atomic E-state index is 10.0. The van der Waals surface area contributed by atoms with Gasteiger partial charge in [-0.05, 0) is 13.3 Å². The molecular weight excluding hydrogens is 100 g/mol. The molecule has 0 spiro atoms. The Bertz CT molecular complexity index is 121. The average molecular weight is 109 g/mol. The summed E-state index contributed by atoms with van der Waals surface area (Å²) >= 11 is 0. The molecule has 0 aliphatic heterocycles. The molecular formula is C7H9O. The molecule has 1 heteroatoms. The largest absolute Gasteiger partial charge is 0.289 e. The van der Waals surface area contributed by atoms with Crippen LogP contribution in [0.5, 0.6) is 0 Å². The summed E-state index contributed by atoms with van der Waals surface area (Å²) in [5.41, 5.74) is -0.653. The highest BCUT2D eigenvalue weighted by Gasteiger charge is 2.17. The van der Waals surface area contributed by atoms with Crippen LogP contribution in [-0.2, 0) is 4.79 Å². The van der Waals surface area contributed by atoms with Gasteiger partial charge in [0.2, 0.25) is 6.29 Å². The van der Waals surface area contributed by atoms with Gasteiger partial charge >= 0.3 is 0 Å². The third-order valence-electron chi connectivity index (χ3n) is 1.25. The molecule has 0 amide bonds. The summed E-state index contributed by atoms with van der Waals surface area (Å²) in [6.07, 6.45) is 7.47. The van der Waals surface area contributed by atoms with E-state index in [0.717, 1.165) is 0 Å². The van der Waals surface area contributed by atoms with Gasteiger partial charge in [0.1, 0.15) is 0 Å². The van der Waals surface area contributed by atoms with Crippen molar-refractivity contribution in [3.8, 4) is 12.3 Å². The molecule has 0 aromatic rings.